The molecule has 0 aromatic heterocycles. The van der Waals surface area contributed by atoms with Crippen molar-refractivity contribution in [3.8, 4) is 11.8 Å². The Morgan fingerprint density at radius 2 is 1.93 bits per heavy atom. The molecule has 0 heterocycles. The van der Waals surface area contributed by atoms with Gasteiger partial charge in [0, 0.05) is 17.7 Å². The van der Waals surface area contributed by atoms with E-state index >= 15 is 0 Å². The van der Waals surface area contributed by atoms with Crippen LogP contribution in [0.4, 0.5) is 5.69 Å². The van der Waals surface area contributed by atoms with Gasteiger partial charge in [0.25, 0.3) is 5.69 Å². The standard InChI is InChI=1S/C20H16N2O6/c1-2-27-19(23)13-28-18-8-6-14(7-9-18)10-16(12-21)20(24)15-4-3-5-17(11-15)22(25)26/h3-11H,2,13H2,1H3. The number of benzene rings is 2. The smallest absolute Gasteiger partial charge is 0.344 e. The van der Waals surface area contributed by atoms with Crippen LogP contribution < -0.4 is 4.74 Å². The SMILES string of the molecule is CCOC(=O)COc1ccc(C=C(C#N)C(=O)c2cccc([N+](=O)[O-])c2)cc1. The summed E-state index contributed by atoms with van der Waals surface area (Å²) >= 11 is 0. The van der Waals surface area contributed by atoms with Gasteiger partial charge >= 0.3 is 5.97 Å². The molecule has 142 valence electrons. The lowest BCUT2D eigenvalue weighted by Gasteiger charge is -2.06. The zero-order valence-electron chi connectivity index (χ0n) is 15.0. The topological polar surface area (TPSA) is 120 Å². The van der Waals surface area contributed by atoms with Crippen molar-refractivity contribution < 1.29 is 24.0 Å². The Labute approximate surface area is 160 Å². The van der Waals surface area contributed by atoms with E-state index < -0.39 is 16.7 Å². The number of ether oxygens (including phenoxy) is 2. The van der Waals surface area contributed by atoms with Crippen molar-refractivity contribution in [3.63, 3.8) is 0 Å². The Bertz CT molecular complexity index is 957. The first-order valence-corrected chi connectivity index (χ1v) is 8.24. The Hall–Kier alpha value is -3.99. The van der Waals surface area contributed by atoms with Gasteiger partial charge in [-0.2, -0.15) is 5.26 Å². The summed E-state index contributed by atoms with van der Waals surface area (Å²) in [6, 6.07) is 13.4. The molecule has 8 heteroatoms. The normalized spacial score (nSPS) is 10.6. The number of hydrogen-bond donors (Lipinski definition) is 0. The highest BCUT2D eigenvalue weighted by Gasteiger charge is 2.15. The maximum Gasteiger partial charge on any atom is 0.344 e. The first kappa shape index (κ1) is 20.3. The Morgan fingerprint density at radius 1 is 1.21 bits per heavy atom. The summed E-state index contributed by atoms with van der Waals surface area (Å²) in [6.45, 7) is 1.74. The number of nitro groups is 1. The third kappa shape index (κ3) is 5.51. The molecule has 0 amide bonds. The molecule has 0 aliphatic heterocycles. The molecule has 2 aromatic carbocycles. The summed E-state index contributed by atoms with van der Waals surface area (Å²) in [4.78, 5) is 34.0. The highest BCUT2D eigenvalue weighted by molar-refractivity contribution is 6.14. The van der Waals surface area contributed by atoms with Crippen LogP contribution in [0.25, 0.3) is 6.08 Å². The monoisotopic (exact) mass is 380 g/mol. The maximum atomic E-state index is 12.5. The Morgan fingerprint density at radius 3 is 2.54 bits per heavy atom. The molecule has 0 bridgehead atoms. The minimum absolute atomic E-state index is 0.0522. The fourth-order valence-electron chi connectivity index (χ4n) is 2.24. The lowest BCUT2D eigenvalue weighted by Crippen LogP contribution is -2.14. The largest absolute Gasteiger partial charge is 0.482 e. The number of carbonyl (C=O) groups excluding carboxylic acids is 2. The molecule has 0 saturated carbocycles. The number of allylic oxidation sites excluding steroid dienone is 1. The number of hydrogen-bond acceptors (Lipinski definition) is 7. The average molecular weight is 380 g/mol. The molecule has 0 unspecified atom stereocenters. The number of rotatable bonds is 8. The molecule has 0 saturated heterocycles. The second-order valence-electron chi connectivity index (χ2n) is 5.47. The molecule has 2 aromatic rings. The van der Waals surface area contributed by atoms with Crippen molar-refractivity contribution in [2.75, 3.05) is 13.2 Å². The summed E-state index contributed by atoms with van der Waals surface area (Å²) < 4.78 is 10.0. The predicted octanol–water partition coefficient (Wildman–Crippen LogP) is 3.33. The van der Waals surface area contributed by atoms with E-state index in [1.807, 2.05) is 6.07 Å². The number of non-ortho nitro benzene ring substituents is 1. The summed E-state index contributed by atoms with van der Waals surface area (Å²) in [6.07, 6.45) is 1.37. The van der Waals surface area contributed by atoms with Gasteiger partial charge in [-0.05, 0) is 30.7 Å². The van der Waals surface area contributed by atoms with E-state index in [-0.39, 0.29) is 30.0 Å². The van der Waals surface area contributed by atoms with Crippen molar-refractivity contribution in [2.24, 2.45) is 0 Å². The van der Waals surface area contributed by atoms with Gasteiger partial charge < -0.3 is 9.47 Å². The van der Waals surface area contributed by atoms with Crippen LogP contribution in [0.3, 0.4) is 0 Å². The molecule has 0 radical (unpaired) electrons. The molecule has 0 aliphatic rings. The van der Waals surface area contributed by atoms with Crippen molar-refractivity contribution >= 4 is 23.5 Å². The first-order valence-electron chi connectivity index (χ1n) is 8.24. The zero-order valence-corrected chi connectivity index (χ0v) is 15.0. The molecule has 28 heavy (non-hydrogen) atoms. The highest BCUT2D eigenvalue weighted by Crippen LogP contribution is 2.19. The van der Waals surface area contributed by atoms with E-state index in [4.69, 9.17) is 9.47 Å². The molecule has 2 rings (SSSR count). The van der Waals surface area contributed by atoms with Gasteiger partial charge in [0.2, 0.25) is 5.78 Å². The average Bonchev–Trinajstić information content (AvgIpc) is 2.71. The Kier molecular flexibility index (Phi) is 6.99. The van der Waals surface area contributed by atoms with Crippen LogP contribution in [0.2, 0.25) is 0 Å². The lowest BCUT2D eigenvalue weighted by molar-refractivity contribution is -0.384. The molecule has 8 nitrogen and oxygen atoms in total. The van der Waals surface area contributed by atoms with Gasteiger partial charge in [0.1, 0.15) is 17.4 Å². The summed E-state index contributed by atoms with van der Waals surface area (Å²) in [5, 5.41) is 20.1. The second-order valence-corrected chi connectivity index (χ2v) is 5.47. The molecular weight excluding hydrogens is 364 g/mol. The minimum atomic E-state index is -0.617. The zero-order chi connectivity index (χ0) is 20.5. The van der Waals surface area contributed by atoms with Crippen molar-refractivity contribution in [1.29, 1.82) is 5.26 Å². The van der Waals surface area contributed by atoms with E-state index in [2.05, 4.69) is 0 Å². The number of carbonyl (C=O) groups is 2. The van der Waals surface area contributed by atoms with Crippen molar-refractivity contribution in [3.05, 3.63) is 75.3 Å². The fourth-order valence-corrected chi connectivity index (χ4v) is 2.24. The van der Waals surface area contributed by atoms with E-state index in [9.17, 15) is 25.0 Å². The number of nitro benzene ring substituents is 1. The molecule has 0 N–H and O–H groups in total. The van der Waals surface area contributed by atoms with Gasteiger partial charge in [-0.3, -0.25) is 14.9 Å². The third-order valence-corrected chi connectivity index (χ3v) is 3.54. The summed E-state index contributed by atoms with van der Waals surface area (Å²) in [5.41, 5.74) is 0.210. The molecule has 0 atom stereocenters. The fraction of sp³-hybridized carbons (Fsp3) is 0.150. The predicted molar refractivity (Wildman–Crippen MR) is 99.6 cm³/mol. The minimum Gasteiger partial charge on any atom is -0.482 e. The summed E-state index contributed by atoms with van der Waals surface area (Å²) in [7, 11) is 0. The van der Waals surface area contributed by atoms with Crippen LogP contribution in [0.1, 0.15) is 22.8 Å². The van der Waals surface area contributed by atoms with Crippen LogP contribution in [0.15, 0.2) is 54.1 Å². The second kappa shape index (κ2) is 9.64. The number of Topliss-reactive ketones (excluding diaryl/α,β-unsaturated/α-hetero) is 1. The quantitative estimate of drug-likeness (QED) is 0.172. The number of esters is 1. The molecule has 0 fully saturated rings. The third-order valence-electron chi connectivity index (χ3n) is 3.54. The van der Waals surface area contributed by atoms with Crippen molar-refractivity contribution in [2.45, 2.75) is 6.92 Å². The van der Waals surface area contributed by atoms with E-state index in [1.54, 1.807) is 31.2 Å². The summed E-state index contributed by atoms with van der Waals surface area (Å²) in [5.74, 6) is -0.677. The Balaban J connectivity index is 2.14. The van der Waals surface area contributed by atoms with Crippen LogP contribution in [0.5, 0.6) is 5.75 Å². The van der Waals surface area contributed by atoms with Gasteiger partial charge in [-0.25, -0.2) is 4.79 Å². The number of ketones is 1. The van der Waals surface area contributed by atoms with Gasteiger partial charge in [-0.15, -0.1) is 0 Å². The molecule has 0 spiro atoms. The number of nitrogens with zero attached hydrogens (tertiary/aromatic N) is 2. The molecular formula is C20H16N2O6. The maximum absolute atomic E-state index is 12.5. The van der Waals surface area contributed by atoms with Crippen LogP contribution >= 0.6 is 0 Å². The van der Waals surface area contributed by atoms with Gasteiger partial charge in [0.15, 0.2) is 6.61 Å². The highest BCUT2D eigenvalue weighted by atomic mass is 16.6. The van der Waals surface area contributed by atoms with Crippen LogP contribution in [-0.4, -0.2) is 29.9 Å². The van der Waals surface area contributed by atoms with E-state index in [0.717, 1.165) is 6.07 Å². The van der Waals surface area contributed by atoms with Crippen LogP contribution in [0, 0.1) is 21.4 Å². The van der Waals surface area contributed by atoms with E-state index in [0.29, 0.717) is 11.3 Å². The van der Waals surface area contributed by atoms with Crippen LogP contribution in [-0.2, 0) is 9.53 Å². The number of nitriles is 1. The van der Waals surface area contributed by atoms with E-state index in [1.165, 1.54) is 24.3 Å². The van der Waals surface area contributed by atoms with Gasteiger partial charge in [0.05, 0.1) is 11.5 Å². The van der Waals surface area contributed by atoms with Gasteiger partial charge in [-0.1, -0.05) is 24.3 Å². The van der Waals surface area contributed by atoms with Crippen molar-refractivity contribution in [1.82, 2.24) is 0 Å². The first-order chi connectivity index (χ1) is 13.4. The molecule has 0 aliphatic carbocycles. The lowest BCUT2D eigenvalue weighted by atomic mass is 10.0.